The summed E-state index contributed by atoms with van der Waals surface area (Å²) in [7, 11) is 6.61. The van der Waals surface area contributed by atoms with Gasteiger partial charge in [0.15, 0.2) is 5.78 Å². The first-order chi connectivity index (χ1) is 39.3. The van der Waals surface area contributed by atoms with Crippen LogP contribution in [0.4, 0.5) is 0 Å². The number of ether oxygens (including phenoxy) is 3. The van der Waals surface area contributed by atoms with Crippen molar-refractivity contribution >= 4 is 41.4 Å². The summed E-state index contributed by atoms with van der Waals surface area (Å²) < 4.78 is 17.2. The number of nitrogens with zero attached hydrogens (tertiary/aromatic N) is 2. The zero-order valence-electron chi connectivity index (χ0n) is 53.3. The van der Waals surface area contributed by atoms with Gasteiger partial charge in [-0.1, -0.05) is 144 Å². The number of carbonyl (C=O) groups is 7. The van der Waals surface area contributed by atoms with E-state index in [4.69, 9.17) is 30.8 Å². The second-order valence-electron chi connectivity index (χ2n) is 25.0. The highest BCUT2D eigenvalue weighted by Crippen LogP contribution is 2.50. The molecule has 3 aromatic rings. The molecule has 18 heteroatoms. The molecule has 0 aromatic heterocycles. The molecule has 0 unspecified atom stereocenters. The van der Waals surface area contributed by atoms with Crippen LogP contribution in [-0.2, 0) is 67.0 Å². The van der Waals surface area contributed by atoms with Crippen LogP contribution in [0, 0.1) is 56.3 Å². The molecular formula is C66H102N6O12. The van der Waals surface area contributed by atoms with Gasteiger partial charge in [-0.15, -0.1) is 0 Å². The lowest BCUT2D eigenvalue weighted by molar-refractivity contribution is -0.156. The number of nitrogens with two attached hydrogens (primary N) is 2. The fourth-order valence-corrected chi connectivity index (χ4v) is 11.1. The zero-order valence-corrected chi connectivity index (χ0v) is 53.3. The zero-order chi connectivity index (χ0) is 63.5. The summed E-state index contributed by atoms with van der Waals surface area (Å²) >= 11 is 0. The van der Waals surface area contributed by atoms with Crippen LogP contribution < -0.4 is 22.1 Å². The number of aliphatic carboxylic acids is 2. The Morgan fingerprint density at radius 3 is 1.60 bits per heavy atom. The number of carbonyl (C=O) groups excluding carboxylic acids is 5. The van der Waals surface area contributed by atoms with Crippen LogP contribution in [0.2, 0.25) is 0 Å². The predicted octanol–water partition coefficient (Wildman–Crippen LogP) is 7.66. The molecule has 8 N–H and O–H groups in total. The highest BCUT2D eigenvalue weighted by molar-refractivity contribution is 5.90. The Morgan fingerprint density at radius 1 is 0.702 bits per heavy atom. The molecule has 1 heterocycles. The van der Waals surface area contributed by atoms with Crippen molar-refractivity contribution in [3.8, 4) is 0 Å². The number of hydrogen-bond donors (Lipinski definition) is 6. The van der Waals surface area contributed by atoms with Crippen molar-refractivity contribution in [1.82, 2.24) is 20.4 Å². The summed E-state index contributed by atoms with van der Waals surface area (Å²) in [4.78, 5) is 93.5. The molecule has 1 aliphatic carbocycles. The van der Waals surface area contributed by atoms with Gasteiger partial charge in [0.1, 0.15) is 23.7 Å². The van der Waals surface area contributed by atoms with Gasteiger partial charge in [-0.3, -0.25) is 28.8 Å². The number of fused-ring (bicyclic) bond motifs is 1. The fraction of sp³-hybridized carbons (Fsp3) is 0.621. The number of nitrogens with one attached hydrogen (secondary N) is 2. The Morgan fingerprint density at radius 2 is 1.19 bits per heavy atom. The second-order valence-corrected chi connectivity index (χ2v) is 25.0. The van der Waals surface area contributed by atoms with Gasteiger partial charge in [-0.05, 0) is 115 Å². The maximum Gasteiger partial charge on any atom is 0.326 e. The van der Waals surface area contributed by atoms with Crippen molar-refractivity contribution in [1.29, 1.82) is 0 Å². The SMILES string of the molecule is CC[C@H](C)[C@@H]([C@@H](CC(=O)N1[C@H]2C[C@H]2C[C@H]1[C@H](OC)[C@@H](C)C(=O)N[C@@H](Cc1ccc(C)cc1)C(=O)O)OC)N(C)C(=O)[C@@H](CC(=O)[C@@H](NC)C(C)C)C(C)C.Cc1ccc(C[C@H](N)C(=O)O)cc1.Cc1ccc(C[C@H](N)C(=O)OC(C)(C)C)cc1. The van der Waals surface area contributed by atoms with Crippen LogP contribution in [0.3, 0.4) is 0 Å². The van der Waals surface area contributed by atoms with E-state index in [2.05, 4.69) is 17.6 Å². The number of benzene rings is 3. The quantitative estimate of drug-likeness (QED) is 0.0381. The molecule has 0 spiro atoms. The van der Waals surface area contributed by atoms with E-state index >= 15 is 0 Å². The van der Waals surface area contributed by atoms with Crippen LogP contribution in [0.1, 0.15) is 135 Å². The lowest BCUT2D eigenvalue weighted by atomic mass is 9.84. The van der Waals surface area contributed by atoms with Gasteiger partial charge in [-0.25, -0.2) is 4.79 Å². The van der Waals surface area contributed by atoms with Crippen molar-refractivity contribution in [2.75, 3.05) is 28.3 Å². The van der Waals surface area contributed by atoms with Gasteiger partial charge >= 0.3 is 17.9 Å². The van der Waals surface area contributed by atoms with Crippen LogP contribution in [0.5, 0.6) is 0 Å². The number of rotatable bonds is 28. The molecule has 0 radical (unpaired) electrons. The molecule has 84 heavy (non-hydrogen) atoms. The van der Waals surface area contributed by atoms with Crippen molar-refractivity contribution in [2.45, 2.75) is 201 Å². The highest BCUT2D eigenvalue weighted by atomic mass is 16.6. The third-order valence-electron chi connectivity index (χ3n) is 16.3. The van der Waals surface area contributed by atoms with Crippen molar-refractivity contribution < 1.29 is 58.0 Å². The van der Waals surface area contributed by atoms with Crippen LogP contribution in [0.25, 0.3) is 0 Å². The minimum atomic E-state index is -1.13. The van der Waals surface area contributed by atoms with Gasteiger partial charge in [0.05, 0.1) is 42.7 Å². The van der Waals surface area contributed by atoms with Gasteiger partial charge < -0.3 is 56.3 Å². The smallest absolute Gasteiger partial charge is 0.326 e. The van der Waals surface area contributed by atoms with Crippen LogP contribution in [-0.4, -0.2) is 150 Å². The molecule has 2 fully saturated rings. The molecule has 2 aliphatic rings. The molecule has 18 nitrogen and oxygen atoms in total. The summed E-state index contributed by atoms with van der Waals surface area (Å²) in [5.74, 6) is -4.13. The van der Waals surface area contributed by atoms with E-state index in [9.17, 15) is 38.7 Å². The molecule has 1 aliphatic heterocycles. The van der Waals surface area contributed by atoms with Gasteiger partial charge in [0, 0.05) is 46.1 Å². The van der Waals surface area contributed by atoms with E-state index in [0.717, 1.165) is 40.7 Å². The molecule has 1 saturated heterocycles. The molecule has 1 saturated carbocycles. The Labute approximate surface area is 500 Å². The maximum absolute atomic E-state index is 14.4. The number of methoxy groups -OCH3 is 2. The number of likely N-dealkylation sites (N-methyl/N-ethyl adjacent to an activating group) is 2. The number of hydrogen-bond acceptors (Lipinski definition) is 13. The summed E-state index contributed by atoms with van der Waals surface area (Å²) in [6.07, 6.45) is 2.19. The first-order valence-corrected chi connectivity index (χ1v) is 29.8. The van der Waals surface area contributed by atoms with E-state index in [1.54, 1.807) is 33.0 Å². The average Bonchev–Trinajstić information content (AvgIpc) is 1.67. The van der Waals surface area contributed by atoms with E-state index < -0.39 is 71.7 Å². The number of carboxylic acids is 2. The molecular weight excluding hydrogens is 1070 g/mol. The molecule has 0 bridgehead atoms. The second kappa shape index (κ2) is 33.6. The number of amides is 3. The number of likely N-dealkylation sites (tertiary alicyclic amines) is 1. The summed E-state index contributed by atoms with van der Waals surface area (Å²) in [6, 6.07) is 19.6. The van der Waals surface area contributed by atoms with Crippen molar-refractivity contribution in [3.63, 3.8) is 0 Å². The Kier molecular flexibility index (Phi) is 28.9. The number of ketones is 1. The third kappa shape index (κ3) is 22.1. The molecule has 3 amide bonds. The number of esters is 1. The number of aryl methyl sites for hydroxylation is 3. The Bertz CT molecular complexity index is 2590. The Hall–Kier alpha value is -6.05. The topological polar surface area (TPSA) is 270 Å². The van der Waals surface area contributed by atoms with Gasteiger partial charge in [0.25, 0.3) is 0 Å². The number of carboxylic acid groups (broad SMARTS) is 2. The largest absolute Gasteiger partial charge is 0.480 e. The number of piperidine rings is 1. The van der Waals surface area contributed by atoms with E-state index in [0.29, 0.717) is 25.2 Å². The number of Topliss-reactive ketones (excluding diaryl/α,β-unsaturated/α-hetero) is 1. The minimum Gasteiger partial charge on any atom is -0.480 e. The summed E-state index contributed by atoms with van der Waals surface area (Å²) in [6.45, 7) is 25.2. The lowest BCUT2D eigenvalue weighted by Gasteiger charge is -2.41. The highest BCUT2D eigenvalue weighted by Gasteiger charge is 2.57. The fourth-order valence-electron chi connectivity index (χ4n) is 11.1. The van der Waals surface area contributed by atoms with Crippen molar-refractivity contribution in [3.05, 3.63) is 106 Å². The van der Waals surface area contributed by atoms with E-state index in [1.165, 1.54) is 12.7 Å². The van der Waals surface area contributed by atoms with Gasteiger partial charge in [0.2, 0.25) is 17.7 Å². The maximum atomic E-state index is 14.4. The minimum absolute atomic E-state index is 0.00549. The van der Waals surface area contributed by atoms with E-state index in [1.807, 2.05) is 154 Å². The normalized spacial score (nSPS) is 19.0. The van der Waals surface area contributed by atoms with E-state index in [-0.39, 0.29) is 78.7 Å². The predicted molar refractivity (Wildman–Crippen MR) is 328 cm³/mol. The molecule has 3 aromatic carbocycles. The standard InChI is InChI=1S/C42H68N4O8.C14H21NO2.C10H13NO2/c1-13-26(7)38(45(10)41(50)30(23(2)3)21-34(47)37(43-9)24(4)5)35(53-11)22-36(48)46-32-19-29(32)20-33(46)39(54-12)27(8)40(49)44-31(42(51)52)18-28-16-14-25(6)15-17-28;1-10-5-7-11(8-6-10)9-12(15)13(16)17-14(2,3)4;1-7-2-4-8(5-3-7)6-9(11)10(12)13/h14-17,23-24,26-27,29-33,35,37-39,43H,13,18-22H2,1-12H3,(H,44,49)(H,51,52);5-8,12H,9,15H2,1-4H3;2-5,9H,6,11H2,1H3,(H,12,13)/t26-,27+,29-,30-,31-,32-,33-,35+,37-,38-,39+;12-;9-/m000/s1. The molecule has 5 rings (SSSR count). The molecule has 468 valence electrons. The molecule has 13 atom stereocenters. The third-order valence-corrected chi connectivity index (χ3v) is 16.3. The first-order valence-electron chi connectivity index (χ1n) is 29.8. The monoisotopic (exact) mass is 1170 g/mol. The Balaban J connectivity index is 0.000000495. The van der Waals surface area contributed by atoms with Crippen LogP contribution >= 0.6 is 0 Å². The van der Waals surface area contributed by atoms with Crippen LogP contribution in [0.15, 0.2) is 72.8 Å². The summed E-state index contributed by atoms with van der Waals surface area (Å²) in [5, 5.41) is 24.4. The lowest BCUT2D eigenvalue weighted by Crippen LogP contribution is -2.55. The summed E-state index contributed by atoms with van der Waals surface area (Å²) in [5.41, 5.74) is 16.9. The first kappa shape index (κ1) is 72.2. The van der Waals surface area contributed by atoms with Gasteiger partial charge in [-0.2, -0.15) is 0 Å². The van der Waals surface area contributed by atoms with Crippen molar-refractivity contribution in [2.24, 2.45) is 47.0 Å². The average molecular weight is 1170 g/mol.